The molecule has 2 atom stereocenters. The molecule has 0 saturated carbocycles. The van der Waals surface area contributed by atoms with Gasteiger partial charge in [-0.15, -0.1) is 5.10 Å². The van der Waals surface area contributed by atoms with Gasteiger partial charge in [0.2, 0.25) is 0 Å². The SMILES string of the molecule is CCN1CCC2(CC1)C[C@](C)(O)[C@@H](NC(=O)c1cn(-c3ccccc3)nn1)CO2.O=CO. The molecule has 174 valence electrons. The van der Waals surface area contributed by atoms with Gasteiger partial charge in [0.25, 0.3) is 12.4 Å². The average Bonchev–Trinajstić information content (AvgIpc) is 3.28. The Hall–Kier alpha value is -2.82. The topological polar surface area (TPSA) is 130 Å². The molecule has 0 aliphatic carbocycles. The van der Waals surface area contributed by atoms with Gasteiger partial charge in [0.05, 0.1) is 35.7 Å². The van der Waals surface area contributed by atoms with Crippen LogP contribution in [0, 0.1) is 0 Å². The molecule has 2 aliphatic heterocycles. The van der Waals surface area contributed by atoms with E-state index in [1.54, 1.807) is 17.8 Å². The van der Waals surface area contributed by atoms with E-state index in [-0.39, 0.29) is 30.3 Å². The van der Waals surface area contributed by atoms with Gasteiger partial charge in [-0.3, -0.25) is 9.59 Å². The molecule has 1 aromatic carbocycles. The number of ether oxygens (including phenoxy) is 1. The third kappa shape index (κ3) is 5.50. The Morgan fingerprint density at radius 1 is 1.31 bits per heavy atom. The molecule has 0 radical (unpaired) electrons. The normalized spacial score (nSPS) is 24.9. The number of likely N-dealkylation sites (tertiary alicyclic amines) is 1. The number of carboxylic acid groups (broad SMARTS) is 1. The highest BCUT2D eigenvalue weighted by Crippen LogP contribution is 2.39. The Labute approximate surface area is 187 Å². The second-order valence-electron chi connectivity index (χ2n) is 8.48. The van der Waals surface area contributed by atoms with Gasteiger partial charge in [0, 0.05) is 19.5 Å². The van der Waals surface area contributed by atoms with Crippen LogP contribution in [0.4, 0.5) is 0 Å². The summed E-state index contributed by atoms with van der Waals surface area (Å²) in [6.45, 7) is 6.98. The number of hydrogen-bond acceptors (Lipinski definition) is 7. The number of nitrogens with zero attached hydrogens (tertiary/aromatic N) is 4. The first-order chi connectivity index (χ1) is 15.3. The molecule has 2 fully saturated rings. The van der Waals surface area contributed by atoms with Gasteiger partial charge in [0.1, 0.15) is 0 Å². The zero-order chi connectivity index (χ0) is 23.2. The molecule has 32 heavy (non-hydrogen) atoms. The lowest BCUT2D eigenvalue weighted by molar-refractivity contribution is -0.185. The van der Waals surface area contributed by atoms with Crippen LogP contribution in [0.1, 0.15) is 43.6 Å². The lowest BCUT2D eigenvalue weighted by Crippen LogP contribution is -2.63. The van der Waals surface area contributed by atoms with Crippen molar-refractivity contribution in [3.63, 3.8) is 0 Å². The smallest absolute Gasteiger partial charge is 0.290 e. The molecule has 1 spiro atoms. The zero-order valence-electron chi connectivity index (χ0n) is 18.5. The maximum absolute atomic E-state index is 12.7. The number of amides is 1. The van der Waals surface area contributed by atoms with Crippen molar-refractivity contribution in [1.82, 2.24) is 25.2 Å². The number of carbonyl (C=O) groups excluding carboxylic acids is 1. The van der Waals surface area contributed by atoms with E-state index in [1.165, 1.54) is 0 Å². The average molecular weight is 446 g/mol. The molecule has 10 heteroatoms. The zero-order valence-corrected chi connectivity index (χ0v) is 18.5. The number of aromatic nitrogens is 3. The van der Waals surface area contributed by atoms with Gasteiger partial charge in [-0.2, -0.15) is 0 Å². The fraction of sp³-hybridized carbons (Fsp3) is 0.545. The molecular formula is C22H31N5O5. The predicted molar refractivity (Wildman–Crippen MR) is 117 cm³/mol. The fourth-order valence-electron chi connectivity index (χ4n) is 4.37. The highest BCUT2D eigenvalue weighted by atomic mass is 16.5. The van der Waals surface area contributed by atoms with E-state index in [4.69, 9.17) is 14.6 Å². The molecule has 2 aliphatic rings. The molecule has 10 nitrogen and oxygen atoms in total. The van der Waals surface area contributed by atoms with Gasteiger partial charge in [-0.1, -0.05) is 30.3 Å². The highest BCUT2D eigenvalue weighted by Gasteiger charge is 2.49. The van der Waals surface area contributed by atoms with E-state index in [0.717, 1.165) is 38.2 Å². The third-order valence-corrected chi connectivity index (χ3v) is 6.25. The van der Waals surface area contributed by atoms with Crippen molar-refractivity contribution in [2.24, 2.45) is 0 Å². The standard InChI is InChI=1S/C21H29N5O3.CH2O2/c1-3-25-11-9-21(10-12-25)15-20(2,28)18(14-29-21)22-19(27)17-13-26(24-23-17)16-7-5-4-6-8-16;2-1-3/h4-8,13,18,28H,3,9-12,14-15H2,1-2H3,(H,22,27);1H,(H,2,3)/t18-,20-;/m0./s1. The summed E-state index contributed by atoms with van der Waals surface area (Å²) < 4.78 is 7.77. The minimum Gasteiger partial charge on any atom is -0.483 e. The Balaban J connectivity index is 0.000000913. The minimum atomic E-state index is -1.04. The monoisotopic (exact) mass is 445 g/mol. The second kappa shape index (κ2) is 10.2. The van der Waals surface area contributed by atoms with Crippen molar-refractivity contribution >= 4 is 12.4 Å². The Morgan fingerprint density at radius 3 is 2.56 bits per heavy atom. The first-order valence-electron chi connectivity index (χ1n) is 10.8. The Morgan fingerprint density at radius 2 is 1.97 bits per heavy atom. The molecule has 1 amide bonds. The summed E-state index contributed by atoms with van der Waals surface area (Å²) in [5, 5.41) is 28.9. The van der Waals surface area contributed by atoms with Crippen molar-refractivity contribution in [1.29, 1.82) is 0 Å². The summed E-state index contributed by atoms with van der Waals surface area (Å²) in [4.78, 5) is 23.5. The van der Waals surface area contributed by atoms with Crippen molar-refractivity contribution in [3.05, 3.63) is 42.2 Å². The van der Waals surface area contributed by atoms with Crippen LogP contribution in [0.25, 0.3) is 5.69 Å². The summed E-state index contributed by atoms with van der Waals surface area (Å²) >= 11 is 0. The van der Waals surface area contributed by atoms with Gasteiger partial charge >= 0.3 is 0 Å². The molecule has 4 rings (SSSR count). The number of para-hydroxylation sites is 1. The molecule has 3 heterocycles. The van der Waals surface area contributed by atoms with Crippen LogP contribution in [-0.2, 0) is 9.53 Å². The van der Waals surface area contributed by atoms with Crippen molar-refractivity contribution in [2.75, 3.05) is 26.2 Å². The summed E-state index contributed by atoms with van der Waals surface area (Å²) in [7, 11) is 0. The molecule has 0 bridgehead atoms. The largest absolute Gasteiger partial charge is 0.483 e. The van der Waals surface area contributed by atoms with Crippen LogP contribution in [0.2, 0.25) is 0 Å². The minimum absolute atomic E-state index is 0.209. The second-order valence-corrected chi connectivity index (χ2v) is 8.48. The number of rotatable bonds is 4. The van der Waals surface area contributed by atoms with Crippen LogP contribution >= 0.6 is 0 Å². The van der Waals surface area contributed by atoms with Crippen LogP contribution in [0.5, 0.6) is 0 Å². The lowest BCUT2D eigenvalue weighted by Gasteiger charge is -2.51. The van der Waals surface area contributed by atoms with Crippen molar-refractivity contribution < 1.29 is 24.5 Å². The van der Waals surface area contributed by atoms with Gasteiger partial charge in [-0.25, -0.2) is 4.68 Å². The molecule has 2 aromatic rings. The quantitative estimate of drug-likeness (QED) is 0.597. The molecule has 2 saturated heterocycles. The number of aliphatic hydroxyl groups is 1. The Bertz CT molecular complexity index is 893. The Kier molecular flexibility index (Phi) is 7.60. The van der Waals surface area contributed by atoms with Crippen LogP contribution in [0.15, 0.2) is 36.5 Å². The molecule has 1 aromatic heterocycles. The van der Waals surface area contributed by atoms with Crippen molar-refractivity contribution in [2.45, 2.75) is 50.4 Å². The van der Waals surface area contributed by atoms with E-state index >= 15 is 0 Å². The highest BCUT2D eigenvalue weighted by molar-refractivity contribution is 5.92. The number of nitrogens with one attached hydrogen (secondary N) is 1. The summed E-state index contributed by atoms with van der Waals surface area (Å²) in [6, 6.07) is 8.99. The van der Waals surface area contributed by atoms with Crippen LogP contribution in [-0.4, -0.2) is 86.0 Å². The van der Waals surface area contributed by atoms with E-state index in [0.29, 0.717) is 6.42 Å². The van der Waals surface area contributed by atoms with E-state index in [9.17, 15) is 9.90 Å². The van der Waals surface area contributed by atoms with Crippen LogP contribution < -0.4 is 5.32 Å². The molecular weight excluding hydrogens is 414 g/mol. The predicted octanol–water partition coefficient (Wildman–Crippen LogP) is 1.09. The first-order valence-corrected chi connectivity index (χ1v) is 10.8. The van der Waals surface area contributed by atoms with Crippen LogP contribution in [0.3, 0.4) is 0 Å². The summed E-state index contributed by atoms with van der Waals surface area (Å²) in [5.74, 6) is -0.363. The fourth-order valence-corrected chi connectivity index (χ4v) is 4.37. The molecule has 3 N–H and O–H groups in total. The van der Waals surface area contributed by atoms with Crippen molar-refractivity contribution in [3.8, 4) is 5.69 Å². The van der Waals surface area contributed by atoms with Gasteiger partial charge < -0.3 is 25.2 Å². The third-order valence-electron chi connectivity index (χ3n) is 6.25. The number of hydrogen-bond donors (Lipinski definition) is 3. The molecule has 0 unspecified atom stereocenters. The lowest BCUT2D eigenvalue weighted by atomic mass is 9.75. The van der Waals surface area contributed by atoms with E-state index < -0.39 is 11.6 Å². The number of piperidine rings is 1. The number of benzene rings is 1. The maximum atomic E-state index is 12.7. The number of carbonyl (C=O) groups is 2. The van der Waals surface area contributed by atoms with E-state index in [2.05, 4.69) is 27.5 Å². The summed E-state index contributed by atoms with van der Waals surface area (Å²) in [5.41, 5.74) is -0.307. The summed E-state index contributed by atoms with van der Waals surface area (Å²) in [6.07, 6.45) is 3.91. The maximum Gasteiger partial charge on any atom is 0.290 e. The first kappa shape index (κ1) is 23.8. The van der Waals surface area contributed by atoms with Gasteiger partial charge in [-0.05, 0) is 38.4 Å². The van der Waals surface area contributed by atoms with Gasteiger partial charge in [0.15, 0.2) is 5.69 Å². The van der Waals surface area contributed by atoms with E-state index in [1.807, 2.05) is 30.3 Å².